The zero-order chi connectivity index (χ0) is 21.4. The largest absolute Gasteiger partial charge is 0.503 e. The van der Waals surface area contributed by atoms with Crippen LogP contribution in [0.5, 0.6) is 5.75 Å². The number of aromatic hydroxyl groups is 1. The Kier molecular flexibility index (Phi) is 5.15. The maximum atomic E-state index is 14.0. The van der Waals surface area contributed by atoms with Crippen LogP contribution in [0, 0.1) is 12.7 Å². The van der Waals surface area contributed by atoms with Gasteiger partial charge in [0, 0.05) is 31.4 Å². The number of amides is 2. The molecular weight excluding hydrogens is 389 g/mol. The first kappa shape index (κ1) is 19.9. The zero-order valence-electron chi connectivity index (χ0n) is 16.5. The molecule has 0 spiro atoms. The number of hydrogen-bond acceptors (Lipinski definition) is 4. The summed E-state index contributed by atoms with van der Waals surface area (Å²) in [6, 6.07) is 4.46. The van der Waals surface area contributed by atoms with Crippen LogP contribution in [0.2, 0.25) is 0 Å². The summed E-state index contributed by atoms with van der Waals surface area (Å²) in [5.74, 6) is -2.34. The molecular formula is C22H22FN3O4. The Morgan fingerprint density at radius 2 is 2.10 bits per heavy atom. The molecule has 0 fully saturated rings. The number of nitrogens with zero attached hydrogens (tertiary/aromatic N) is 2. The average molecular weight is 411 g/mol. The van der Waals surface area contributed by atoms with Gasteiger partial charge in [-0.25, -0.2) is 4.39 Å². The van der Waals surface area contributed by atoms with Crippen LogP contribution in [0.3, 0.4) is 0 Å². The molecule has 4 rings (SSSR count). The molecule has 1 atom stereocenters. The lowest BCUT2D eigenvalue weighted by Gasteiger charge is -2.37. The first-order valence-corrected chi connectivity index (χ1v) is 9.82. The normalized spacial score (nSPS) is 18.9. The quantitative estimate of drug-likeness (QED) is 0.758. The van der Waals surface area contributed by atoms with Crippen LogP contribution < -0.4 is 10.7 Å². The molecule has 0 saturated carbocycles. The Hall–Kier alpha value is -3.42. The van der Waals surface area contributed by atoms with Crippen LogP contribution in [0.4, 0.5) is 4.39 Å². The molecule has 2 aliphatic rings. The number of hydrogen-bond donors (Lipinski definition) is 2. The second kappa shape index (κ2) is 7.78. The number of aryl methyl sites for hydroxylation is 1. The SMILES string of the molecule is Cc1ccc(CNC(=O)c2cn3c(c(O)c2=O)C(=O)N2CC/C=C\C[C@H]3C2)c(F)c1. The van der Waals surface area contributed by atoms with Crippen molar-refractivity contribution in [3.8, 4) is 5.75 Å². The topological polar surface area (TPSA) is 91.6 Å². The van der Waals surface area contributed by atoms with Gasteiger partial charge in [-0.2, -0.15) is 0 Å². The Labute approximate surface area is 172 Å². The highest BCUT2D eigenvalue weighted by atomic mass is 19.1. The van der Waals surface area contributed by atoms with Crippen LogP contribution in [0.1, 0.15) is 50.9 Å². The number of carbonyl (C=O) groups is 2. The van der Waals surface area contributed by atoms with Gasteiger partial charge in [-0.1, -0.05) is 24.3 Å². The van der Waals surface area contributed by atoms with E-state index in [-0.39, 0.29) is 29.4 Å². The van der Waals surface area contributed by atoms with Crippen LogP contribution >= 0.6 is 0 Å². The standard InChI is InChI=1S/C22H22FN3O4/c1-13-6-7-14(17(23)9-13)10-24-21(29)16-12-26-15-5-3-2-4-8-25(11-15)22(30)18(26)20(28)19(16)27/h2-3,6-7,9,12,15,28H,4-5,8,10-11H2,1H3,(H,24,29)/b3-2-/t15-/m0/s1. The van der Waals surface area contributed by atoms with Crippen LogP contribution in [-0.2, 0) is 6.54 Å². The van der Waals surface area contributed by atoms with Gasteiger partial charge in [0.1, 0.15) is 11.4 Å². The van der Waals surface area contributed by atoms with Gasteiger partial charge < -0.3 is 19.9 Å². The van der Waals surface area contributed by atoms with E-state index < -0.39 is 28.8 Å². The molecule has 3 heterocycles. The molecule has 1 aromatic heterocycles. The third-order valence-electron chi connectivity index (χ3n) is 5.56. The molecule has 0 unspecified atom stereocenters. The highest BCUT2D eigenvalue weighted by molar-refractivity contribution is 5.99. The summed E-state index contributed by atoms with van der Waals surface area (Å²) < 4.78 is 15.5. The summed E-state index contributed by atoms with van der Waals surface area (Å²) >= 11 is 0. The van der Waals surface area contributed by atoms with Gasteiger partial charge in [-0.3, -0.25) is 14.4 Å². The Bertz CT molecular complexity index is 1120. The molecule has 2 N–H and O–H groups in total. The first-order chi connectivity index (χ1) is 14.4. The Morgan fingerprint density at radius 1 is 1.30 bits per heavy atom. The molecule has 0 radical (unpaired) electrons. The molecule has 1 aromatic carbocycles. The van der Waals surface area contributed by atoms with E-state index in [2.05, 4.69) is 5.32 Å². The molecule has 0 saturated heterocycles. The highest BCUT2D eigenvalue weighted by Gasteiger charge is 2.35. The number of benzene rings is 1. The molecule has 8 heteroatoms. The fourth-order valence-corrected chi connectivity index (χ4v) is 3.91. The summed E-state index contributed by atoms with van der Waals surface area (Å²) in [6.45, 7) is 2.60. The number of fused-ring (bicyclic) bond motifs is 4. The zero-order valence-corrected chi connectivity index (χ0v) is 16.5. The van der Waals surface area contributed by atoms with Crippen molar-refractivity contribution in [3.05, 3.63) is 75.0 Å². The molecule has 2 bridgehead atoms. The lowest BCUT2D eigenvalue weighted by molar-refractivity contribution is 0.0659. The second-order valence-corrected chi connectivity index (χ2v) is 7.65. The molecule has 2 amide bonds. The lowest BCUT2D eigenvalue weighted by Crippen LogP contribution is -2.45. The number of aromatic nitrogens is 1. The number of allylic oxidation sites excluding steroid dienone is 1. The third kappa shape index (κ3) is 3.49. The second-order valence-electron chi connectivity index (χ2n) is 7.65. The lowest BCUT2D eigenvalue weighted by atomic mass is 10.0. The number of nitrogens with one attached hydrogen (secondary N) is 1. The van der Waals surface area contributed by atoms with Crippen LogP contribution in [0.15, 0.2) is 41.3 Å². The van der Waals surface area contributed by atoms with Gasteiger partial charge in [0.2, 0.25) is 5.43 Å². The maximum absolute atomic E-state index is 14.0. The van der Waals surface area contributed by atoms with Gasteiger partial charge in [0.25, 0.3) is 11.8 Å². The minimum atomic E-state index is -0.912. The van der Waals surface area contributed by atoms with E-state index in [0.29, 0.717) is 25.9 Å². The Morgan fingerprint density at radius 3 is 2.87 bits per heavy atom. The fraction of sp³-hybridized carbons (Fsp3) is 0.318. The van der Waals surface area contributed by atoms with Crippen molar-refractivity contribution in [2.24, 2.45) is 0 Å². The van der Waals surface area contributed by atoms with Crippen LogP contribution in [0.25, 0.3) is 0 Å². The van der Waals surface area contributed by atoms with Crippen molar-refractivity contribution < 1.29 is 19.1 Å². The maximum Gasteiger partial charge on any atom is 0.274 e. The van der Waals surface area contributed by atoms with Gasteiger partial charge in [-0.15, -0.1) is 0 Å². The monoisotopic (exact) mass is 411 g/mol. The van der Waals surface area contributed by atoms with Gasteiger partial charge in [0.05, 0.1) is 6.04 Å². The number of pyridine rings is 1. The van der Waals surface area contributed by atoms with E-state index in [9.17, 15) is 23.9 Å². The van der Waals surface area contributed by atoms with Gasteiger partial charge in [-0.05, 0) is 31.4 Å². The van der Waals surface area contributed by atoms with E-state index in [0.717, 1.165) is 5.56 Å². The summed E-state index contributed by atoms with van der Waals surface area (Å²) in [6.07, 6.45) is 6.63. The Balaban J connectivity index is 1.67. The molecule has 156 valence electrons. The van der Waals surface area contributed by atoms with Crippen LogP contribution in [-0.4, -0.2) is 39.5 Å². The van der Waals surface area contributed by atoms with Crippen molar-refractivity contribution in [1.29, 1.82) is 0 Å². The molecule has 30 heavy (non-hydrogen) atoms. The van der Waals surface area contributed by atoms with Gasteiger partial charge in [0.15, 0.2) is 11.4 Å². The van der Waals surface area contributed by atoms with E-state index in [4.69, 9.17) is 0 Å². The first-order valence-electron chi connectivity index (χ1n) is 9.82. The predicted molar refractivity (Wildman–Crippen MR) is 108 cm³/mol. The van der Waals surface area contributed by atoms with Crippen molar-refractivity contribution in [3.63, 3.8) is 0 Å². The number of rotatable bonds is 3. The van der Waals surface area contributed by atoms with E-state index in [1.54, 1.807) is 24.0 Å². The minimum Gasteiger partial charge on any atom is -0.503 e. The summed E-state index contributed by atoms with van der Waals surface area (Å²) in [5.41, 5.74) is -0.243. The predicted octanol–water partition coefficient (Wildman–Crippen LogP) is 2.28. The molecule has 2 aliphatic heterocycles. The summed E-state index contributed by atoms with van der Waals surface area (Å²) in [4.78, 5) is 39.7. The minimum absolute atomic E-state index is 0.0901. The summed E-state index contributed by atoms with van der Waals surface area (Å²) in [7, 11) is 0. The van der Waals surface area contributed by atoms with Gasteiger partial charge >= 0.3 is 0 Å². The smallest absolute Gasteiger partial charge is 0.274 e. The van der Waals surface area contributed by atoms with Crippen molar-refractivity contribution in [2.75, 3.05) is 13.1 Å². The van der Waals surface area contributed by atoms with Crippen molar-refractivity contribution in [2.45, 2.75) is 32.4 Å². The molecule has 2 aromatic rings. The average Bonchev–Trinajstić information content (AvgIpc) is 2.68. The van der Waals surface area contributed by atoms with Crippen molar-refractivity contribution >= 4 is 11.8 Å². The van der Waals surface area contributed by atoms with E-state index in [1.807, 2.05) is 12.2 Å². The highest BCUT2D eigenvalue weighted by Crippen LogP contribution is 2.29. The fourth-order valence-electron chi connectivity index (χ4n) is 3.91. The van der Waals surface area contributed by atoms with E-state index in [1.165, 1.54) is 16.8 Å². The third-order valence-corrected chi connectivity index (χ3v) is 5.56. The van der Waals surface area contributed by atoms with E-state index >= 15 is 0 Å². The molecule has 0 aliphatic carbocycles. The molecule has 7 nitrogen and oxygen atoms in total. The number of carbonyl (C=O) groups excluding carboxylic acids is 2. The summed E-state index contributed by atoms with van der Waals surface area (Å²) in [5, 5.41) is 13.0. The van der Waals surface area contributed by atoms with Crippen molar-refractivity contribution in [1.82, 2.24) is 14.8 Å². The number of halogens is 1.